The Labute approximate surface area is 214 Å². The highest BCUT2D eigenvalue weighted by atomic mass is 31.2. The van der Waals surface area contributed by atoms with E-state index in [1.54, 1.807) is 41.5 Å². The van der Waals surface area contributed by atoms with Gasteiger partial charge in [-0.3, -0.25) is 37.5 Å². The van der Waals surface area contributed by atoms with Gasteiger partial charge in [-0.2, -0.15) is 0 Å². The molecule has 1 unspecified atom stereocenters. The number of aromatic nitrogens is 2. The minimum absolute atomic E-state index is 0.00119. The lowest BCUT2D eigenvalue weighted by molar-refractivity contribution is -0.161. The summed E-state index contributed by atoms with van der Waals surface area (Å²) in [4.78, 5) is 49.9. The zero-order chi connectivity index (χ0) is 28.2. The average Bonchev–Trinajstić information content (AvgIpc) is 3.13. The van der Waals surface area contributed by atoms with Crippen LogP contribution in [0.2, 0.25) is 0 Å². The number of hydrogen-bond donors (Lipinski definition) is 2. The molecule has 1 aromatic heterocycles. The Hall–Kier alpha value is -2.57. The number of carbonyl (C=O) groups excluding carboxylic acids is 2. The summed E-state index contributed by atoms with van der Waals surface area (Å²) in [7, 11) is -4.17. The van der Waals surface area contributed by atoms with Crippen LogP contribution in [0.5, 0.6) is 0 Å². The number of rotatable bonds is 9. The summed E-state index contributed by atoms with van der Waals surface area (Å²) >= 11 is 0. The van der Waals surface area contributed by atoms with E-state index in [0.717, 1.165) is 10.4 Å². The van der Waals surface area contributed by atoms with Crippen molar-refractivity contribution < 1.29 is 42.5 Å². The van der Waals surface area contributed by atoms with Crippen molar-refractivity contribution in [1.82, 2.24) is 9.55 Å². The van der Waals surface area contributed by atoms with Crippen LogP contribution in [0.1, 0.15) is 59.8 Å². The van der Waals surface area contributed by atoms with Crippen molar-refractivity contribution in [1.29, 1.82) is 0 Å². The molecule has 208 valence electrons. The molecule has 2 rings (SSSR count). The summed E-state index contributed by atoms with van der Waals surface area (Å²) in [5.74, 6) is -0.234. The van der Waals surface area contributed by atoms with Gasteiger partial charge in [-0.05, 0) is 54.5 Å². The zero-order valence-electron chi connectivity index (χ0n) is 22.0. The summed E-state index contributed by atoms with van der Waals surface area (Å²) in [5.41, 5.74) is -2.64. The van der Waals surface area contributed by atoms with Crippen LogP contribution in [-0.4, -0.2) is 52.4 Å². The molecule has 1 aromatic rings. The summed E-state index contributed by atoms with van der Waals surface area (Å²) in [5, 5.41) is 10.4. The number of esters is 2. The minimum Gasteiger partial charge on any atom is -0.438 e. The van der Waals surface area contributed by atoms with Crippen LogP contribution in [0.3, 0.4) is 0 Å². The Morgan fingerprint density at radius 2 is 1.62 bits per heavy atom. The van der Waals surface area contributed by atoms with Crippen LogP contribution in [0.25, 0.3) is 0 Å². The molecule has 2 heterocycles. The number of carbonyl (C=O) groups is 2. The van der Waals surface area contributed by atoms with E-state index >= 15 is 0 Å². The summed E-state index contributed by atoms with van der Waals surface area (Å²) in [6, 6.07) is 0. The lowest BCUT2D eigenvalue weighted by Crippen LogP contribution is -2.33. The van der Waals surface area contributed by atoms with Crippen molar-refractivity contribution in [3.8, 4) is 0 Å². The second-order valence-electron chi connectivity index (χ2n) is 10.6. The number of H-pyrrole nitrogens is 1. The molecular weight excluding hydrogens is 511 g/mol. The minimum atomic E-state index is -4.17. The molecule has 0 radical (unpaired) electrons. The number of ether oxygens (including phenoxy) is 3. The van der Waals surface area contributed by atoms with Gasteiger partial charge < -0.3 is 19.3 Å². The van der Waals surface area contributed by atoms with Gasteiger partial charge in [0.1, 0.15) is 12.3 Å². The molecule has 1 aliphatic heterocycles. The summed E-state index contributed by atoms with van der Waals surface area (Å²) < 4.78 is 40.5. The molecule has 1 saturated heterocycles. The van der Waals surface area contributed by atoms with Gasteiger partial charge in [0.2, 0.25) is 13.6 Å². The average molecular weight is 547 g/mol. The first kappa shape index (κ1) is 30.7. The van der Waals surface area contributed by atoms with Gasteiger partial charge in [0.05, 0.1) is 16.9 Å². The van der Waals surface area contributed by atoms with Crippen molar-refractivity contribution in [2.75, 3.05) is 13.6 Å². The van der Waals surface area contributed by atoms with Gasteiger partial charge >= 0.3 is 25.2 Å². The van der Waals surface area contributed by atoms with Gasteiger partial charge in [0.15, 0.2) is 0 Å². The number of hydrogen-bond acceptors (Lipinski definition) is 11. The third-order valence-electron chi connectivity index (χ3n) is 5.12. The zero-order valence-corrected chi connectivity index (χ0v) is 22.9. The van der Waals surface area contributed by atoms with E-state index < -0.39 is 73.6 Å². The van der Waals surface area contributed by atoms with Crippen LogP contribution in [0.15, 0.2) is 27.7 Å². The Bertz CT molecular complexity index is 1140. The van der Waals surface area contributed by atoms with E-state index in [2.05, 4.69) is 4.98 Å². The molecule has 3 atom stereocenters. The molecule has 0 bridgehead atoms. The predicted octanol–water partition coefficient (Wildman–Crippen LogP) is 2.33. The normalized spacial score (nSPS) is 20.8. The SMILES string of the molecule is Cc1cn([C@H]2C[C@@H](O)C(/C=C/P(=O)(OCOC(=O)C(C)(C)C)OCOC(=O)C(C)(C)C)O2)c(=O)[nH]c1=O. The fourth-order valence-corrected chi connectivity index (χ4v) is 3.90. The Morgan fingerprint density at radius 1 is 1.11 bits per heavy atom. The van der Waals surface area contributed by atoms with Crippen molar-refractivity contribution in [2.45, 2.75) is 73.3 Å². The first-order chi connectivity index (χ1) is 16.9. The molecule has 1 fully saturated rings. The first-order valence-electron chi connectivity index (χ1n) is 11.5. The van der Waals surface area contributed by atoms with Crippen molar-refractivity contribution in [3.63, 3.8) is 0 Å². The molecule has 13 nitrogen and oxygen atoms in total. The monoisotopic (exact) mass is 546 g/mol. The van der Waals surface area contributed by atoms with E-state index in [4.69, 9.17) is 23.3 Å². The fraction of sp³-hybridized carbons (Fsp3) is 0.652. The molecule has 14 heteroatoms. The number of nitrogens with zero attached hydrogens (tertiary/aromatic N) is 1. The second-order valence-corrected chi connectivity index (χ2v) is 12.5. The lowest BCUT2D eigenvalue weighted by atomic mass is 9.98. The number of aryl methyl sites for hydroxylation is 1. The fourth-order valence-electron chi connectivity index (χ4n) is 2.87. The highest BCUT2D eigenvalue weighted by Crippen LogP contribution is 2.50. The predicted molar refractivity (Wildman–Crippen MR) is 130 cm³/mol. The van der Waals surface area contributed by atoms with E-state index in [1.165, 1.54) is 19.2 Å². The van der Waals surface area contributed by atoms with Crippen molar-refractivity contribution in [3.05, 3.63) is 44.5 Å². The smallest absolute Gasteiger partial charge is 0.359 e. The maximum Gasteiger partial charge on any atom is 0.359 e. The molecule has 37 heavy (non-hydrogen) atoms. The van der Waals surface area contributed by atoms with Crippen LogP contribution in [-0.2, 0) is 37.4 Å². The maximum absolute atomic E-state index is 13.3. The highest BCUT2D eigenvalue weighted by molar-refractivity contribution is 7.57. The third kappa shape index (κ3) is 8.75. The van der Waals surface area contributed by atoms with Crippen LogP contribution in [0, 0.1) is 17.8 Å². The van der Waals surface area contributed by atoms with E-state index in [1.807, 2.05) is 0 Å². The highest BCUT2D eigenvalue weighted by Gasteiger charge is 2.35. The van der Waals surface area contributed by atoms with Crippen molar-refractivity contribution in [2.24, 2.45) is 10.8 Å². The summed E-state index contributed by atoms with van der Waals surface area (Å²) in [6.07, 6.45) is -0.514. The topological polar surface area (TPSA) is 172 Å². The quantitative estimate of drug-likeness (QED) is 0.264. The van der Waals surface area contributed by atoms with E-state index in [-0.39, 0.29) is 12.0 Å². The van der Waals surface area contributed by atoms with Crippen LogP contribution < -0.4 is 11.2 Å². The van der Waals surface area contributed by atoms with Crippen LogP contribution >= 0.6 is 7.60 Å². The Kier molecular flexibility index (Phi) is 9.83. The second kappa shape index (κ2) is 11.9. The molecule has 1 aliphatic rings. The molecule has 2 N–H and O–H groups in total. The van der Waals surface area contributed by atoms with Gasteiger partial charge in [-0.25, -0.2) is 4.79 Å². The molecular formula is C23H35N2O11P. The van der Waals surface area contributed by atoms with Crippen molar-refractivity contribution >= 4 is 19.5 Å². The standard InChI is InChI=1S/C23H35N2O11P/c1-14-11-25(21(30)24-18(14)27)17-10-15(26)16(36-17)8-9-37(31,34-12-32-19(28)22(2,3)4)35-13-33-20(29)23(5,6)7/h8-9,11,15-17,26H,10,12-13H2,1-7H3,(H,24,27,30)/b9-8+/t15-,16?,17-/m1/s1. The molecule has 0 amide bonds. The Balaban J connectivity index is 2.15. The van der Waals surface area contributed by atoms with Gasteiger partial charge in [0, 0.05) is 24.0 Å². The molecule has 0 aromatic carbocycles. The third-order valence-corrected chi connectivity index (χ3v) is 6.59. The lowest BCUT2D eigenvalue weighted by Gasteiger charge is -2.21. The molecule has 0 spiro atoms. The first-order valence-corrected chi connectivity index (χ1v) is 13.1. The molecule has 0 aliphatic carbocycles. The van der Waals surface area contributed by atoms with Gasteiger partial charge in [0.25, 0.3) is 5.56 Å². The maximum atomic E-state index is 13.3. The van der Waals surface area contributed by atoms with E-state index in [9.17, 15) is 28.8 Å². The number of aromatic amines is 1. The van der Waals surface area contributed by atoms with Gasteiger partial charge in [-0.15, -0.1) is 0 Å². The van der Waals surface area contributed by atoms with Crippen LogP contribution in [0.4, 0.5) is 0 Å². The van der Waals surface area contributed by atoms with E-state index in [0.29, 0.717) is 0 Å². The number of nitrogens with one attached hydrogen (secondary N) is 1. The Morgan fingerprint density at radius 3 is 2.11 bits per heavy atom. The van der Waals surface area contributed by atoms with Gasteiger partial charge in [-0.1, -0.05) is 0 Å². The molecule has 0 saturated carbocycles. The number of aliphatic hydroxyl groups is 1. The largest absolute Gasteiger partial charge is 0.438 e. The number of aliphatic hydroxyl groups excluding tert-OH is 1. The summed E-state index contributed by atoms with van der Waals surface area (Å²) in [6.45, 7) is 9.85.